The van der Waals surface area contributed by atoms with E-state index in [2.05, 4.69) is 19.2 Å². The normalized spacial score (nSPS) is 13.0. The van der Waals surface area contributed by atoms with E-state index < -0.39 is 0 Å². The molecule has 0 aromatic carbocycles. The van der Waals surface area contributed by atoms with Crippen molar-refractivity contribution < 1.29 is 5.11 Å². The van der Waals surface area contributed by atoms with Crippen molar-refractivity contribution in [3.05, 3.63) is 0 Å². The smallest absolute Gasteiger partial charge is 0.0434 e. The fraction of sp³-hybridized carbons (Fsp3) is 1.00. The molecule has 2 heteroatoms. The second kappa shape index (κ2) is 12.0. The summed E-state index contributed by atoms with van der Waals surface area (Å²) in [7, 11) is 0. The van der Waals surface area contributed by atoms with Crippen LogP contribution >= 0.6 is 0 Å². The molecule has 0 aliphatic rings. The van der Waals surface area contributed by atoms with E-state index in [-0.39, 0.29) is 0 Å². The molecule has 0 fully saturated rings. The van der Waals surface area contributed by atoms with Gasteiger partial charge < -0.3 is 10.4 Å². The largest absolute Gasteiger partial charge is 0.396 e. The molecule has 0 aromatic rings. The van der Waals surface area contributed by atoms with E-state index >= 15 is 0 Å². The maximum atomic E-state index is 8.73. The molecular formula is C13H29NO. The molecule has 0 bridgehead atoms. The van der Waals surface area contributed by atoms with Gasteiger partial charge in [-0.25, -0.2) is 0 Å². The minimum absolute atomic E-state index is 0.319. The average Bonchev–Trinajstić information content (AvgIpc) is 2.22. The SMILES string of the molecule is CCCCCCCCNCC(C)CCO. The van der Waals surface area contributed by atoms with Crippen molar-refractivity contribution in [1.82, 2.24) is 5.32 Å². The lowest BCUT2D eigenvalue weighted by molar-refractivity contribution is 0.260. The predicted molar refractivity (Wildman–Crippen MR) is 67.1 cm³/mol. The Morgan fingerprint density at radius 3 is 2.40 bits per heavy atom. The standard InChI is InChI=1S/C13H29NO/c1-3-4-5-6-7-8-10-14-12-13(2)9-11-15/h13-15H,3-12H2,1-2H3. The van der Waals surface area contributed by atoms with Gasteiger partial charge in [0.05, 0.1) is 0 Å². The monoisotopic (exact) mass is 215 g/mol. The fourth-order valence-corrected chi connectivity index (χ4v) is 1.70. The predicted octanol–water partition coefficient (Wildman–Crippen LogP) is 2.96. The zero-order chi connectivity index (χ0) is 11.4. The van der Waals surface area contributed by atoms with Crippen LogP contribution in [-0.4, -0.2) is 24.8 Å². The first-order chi connectivity index (χ1) is 7.31. The first-order valence-corrected chi connectivity index (χ1v) is 6.62. The van der Waals surface area contributed by atoms with Gasteiger partial charge in [-0.2, -0.15) is 0 Å². The van der Waals surface area contributed by atoms with Crippen LogP contribution in [0.4, 0.5) is 0 Å². The van der Waals surface area contributed by atoms with Gasteiger partial charge in [0.1, 0.15) is 0 Å². The molecule has 0 rings (SSSR count). The Labute approximate surface area is 95.5 Å². The third-order valence-electron chi connectivity index (χ3n) is 2.82. The number of rotatable bonds is 11. The molecule has 2 N–H and O–H groups in total. The van der Waals surface area contributed by atoms with Gasteiger partial charge in [-0.3, -0.25) is 0 Å². The zero-order valence-electron chi connectivity index (χ0n) is 10.6. The Hall–Kier alpha value is -0.0800. The summed E-state index contributed by atoms with van der Waals surface area (Å²) >= 11 is 0. The Morgan fingerprint density at radius 2 is 1.73 bits per heavy atom. The number of hydrogen-bond acceptors (Lipinski definition) is 2. The van der Waals surface area contributed by atoms with Gasteiger partial charge in [-0.1, -0.05) is 46.0 Å². The highest BCUT2D eigenvalue weighted by Gasteiger charge is 1.99. The van der Waals surface area contributed by atoms with Gasteiger partial charge in [-0.15, -0.1) is 0 Å². The second-order valence-electron chi connectivity index (χ2n) is 4.59. The third-order valence-corrected chi connectivity index (χ3v) is 2.82. The van der Waals surface area contributed by atoms with E-state index in [1.807, 2.05) is 0 Å². The van der Waals surface area contributed by atoms with Crippen LogP contribution in [0, 0.1) is 5.92 Å². The summed E-state index contributed by atoms with van der Waals surface area (Å²) in [5, 5.41) is 12.2. The van der Waals surface area contributed by atoms with Crippen LogP contribution in [0.5, 0.6) is 0 Å². The number of hydrogen-bond donors (Lipinski definition) is 2. The van der Waals surface area contributed by atoms with Crippen LogP contribution in [0.1, 0.15) is 58.8 Å². The van der Waals surface area contributed by atoms with E-state index in [9.17, 15) is 0 Å². The molecule has 0 aliphatic carbocycles. The third kappa shape index (κ3) is 11.8. The Morgan fingerprint density at radius 1 is 1.07 bits per heavy atom. The molecule has 0 radical (unpaired) electrons. The van der Waals surface area contributed by atoms with E-state index in [1.165, 1.54) is 38.5 Å². The molecule has 1 unspecified atom stereocenters. The molecule has 0 saturated carbocycles. The lowest BCUT2D eigenvalue weighted by Gasteiger charge is -2.10. The molecule has 15 heavy (non-hydrogen) atoms. The summed E-state index contributed by atoms with van der Waals surface area (Å²) in [6.45, 7) is 6.95. The highest BCUT2D eigenvalue weighted by Crippen LogP contribution is 2.04. The van der Waals surface area contributed by atoms with Crippen molar-refractivity contribution in [1.29, 1.82) is 0 Å². The van der Waals surface area contributed by atoms with Crippen molar-refractivity contribution in [3.63, 3.8) is 0 Å². The molecule has 0 spiro atoms. The van der Waals surface area contributed by atoms with Crippen LogP contribution in [-0.2, 0) is 0 Å². The molecule has 2 nitrogen and oxygen atoms in total. The van der Waals surface area contributed by atoms with Crippen LogP contribution in [0.15, 0.2) is 0 Å². The van der Waals surface area contributed by atoms with Gasteiger partial charge in [0.25, 0.3) is 0 Å². The minimum Gasteiger partial charge on any atom is -0.396 e. The second-order valence-corrected chi connectivity index (χ2v) is 4.59. The Balaban J connectivity index is 2.98. The molecule has 0 amide bonds. The number of aliphatic hydroxyl groups excluding tert-OH is 1. The van der Waals surface area contributed by atoms with E-state index in [0.717, 1.165) is 19.5 Å². The van der Waals surface area contributed by atoms with Crippen LogP contribution in [0.2, 0.25) is 0 Å². The topological polar surface area (TPSA) is 32.3 Å². The zero-order valence-corrected chi connectivity index (χ0v) is 10.6. The van der Waals surface area contributed by atoms with Crippen LogP contribution < -0.4 is 5.32 Å². The van der Waals surface area contributed by atoms with E-state index in [4.69, 9.17) is 5.11 Å². The maximum Gasteiger partial charge on any atom is 0.0434 e. The van der Waals surface area contributed by atoms with E-state index in [1.54, 1.807) is 0 Å². The number of unbranched alkanes of at least 4 members (excludes halogenated alkanes) is 5. The van der Waals surface area contributed by atoms with Gasteiger partial charge in [0.2, 0.25) is 0 Å². The molecule has 0 heterocycles. The summed E-state index contributed by atoms with van der Waals surface area (Å²) in [5.41, 5.74) is 0. The molecule has 92 valence electrons. The minimum atomic E-state index is 0.319. The van der Waals surface area contributed by atoms with Crippen molar-refractivity contribution in [3.8, 4) is 0 Å². The van der Waals surface area contributed by atoms with Gasteiger partial charge in [-0.05, 0) is 31.8 Å². The average molecular weight is 215 g/mol. The molecular weight excluding hydrogens is 186 g/mol. The first-order valence-electron chi connectivity index (χ1n) is 6.62. The molecule has 0 saturated heterocycles. The summed E-state index contributed by atoms with van der Waals surface area (Å²) < 4.78 is 0. The first kappa shape index (κ1) is 14.9. The maximum absolute atomic E-state index is 8.73. The molecule has 1 atom stereocenters. The molecule has 0 aromatic heterocycles. The van der Waals surface area contributed by atoms with Crippen molar-refractivity contribution in [2.24, 2.45) is 5.92 Å². The quantitative estimate of drug-likeness (QED) is 0.519. The lowest BCUT2D eigenvalue weighted by Crippen LogP contribution is -2.22. The Kier molecular flexibility index (Phi) is 11.9. The summed E-state index contributed by atoms with van der Waals surface area (Å²) in [5.74, 6) is 0.607. The van der Waals surface area contributed by atoms with Crippen LogP contribution in [0.25, 0.3) is 0 Å². The number of nitrogens with one attached hydrogen (secondary N) is 1. The Bertz CT molecular complexity index is 117. The van der Waals surface area contributed by atoms with Gasteiger partial charge >= 0.3 is 0 Å². The summed E-state index contributed by atoms with van der Waals surface area (Å²) in [6, 6.07) is 0. The highest BCUT2D eigenvalue weighted by molar-refractivity contribution is 4.56. The summed E-state index contributed by atoms with van der Waals surface area (Å²) in [6.07, 6.45) is 9.09. The van der Waals surface area contributed by atoms with Crippen molar-refractivity contribution >= 4 is 0 Å². The fourth-order valence-electron chi connectivity index (χ4n) is 1.70. The van der Waals surface area contributed by atoms with Crippen molar-refractivity contribution in [2.75, 3.05) is 19.7 Å². The highest BCUT2D eigenvalue weighted by atomic mass is 16.3. The van der Waals surface area contributed by atoms with Crippen LogP contribution in [0.3, 0.4) is 0 Å². The summed E-state index contributed by atoms with van der Waals surface area (Å²) in [4.78, 5) is 0. The lowest BCUT2D eigenvalue weighted by atomic mass is 10.1. The van der Waals surface area contributed by atoms with Crippen molar-refractivity contribution in [2.45, 2.75) is 58.8 Å². The van der Waals surface area contributed by atoms with Gasteiger partial charge in [0, 0.05) is 6.61 Å². The van der Waals surface area contributed by atoms with Gasteiger partial charge in [0.15, 0.2) is 0 Å². The van der Waals surface area contributed by atoms with E-state index in [0.29, 0.717) is 12.5 Å². The number of aliphatic hydroxyl groups is 1. The molecule has 0 aliphatic heterocycles.